The Kier molecular flexibility index (Phi) is 10.4. The summed E-state index contributed by atoms with van der Waals surface area (Å²) in [4.78, 5) is 52.5. The largest absolute Gasteiger partial charge is 0.481 e. The molecular formula is C25H29N7O9S. The number of fused-ring (bicyclic) bond motifs is 1. The number of amides is 1. The number of nitrogens with one attached hydrogen (secondary N) is 5. The number of carboxylic acid groups (broad SMARTS) is 2. The first kappa shape index (κ1) is 31.4. The van der Waals surface area contributed by atoms with E-state index in [0.29, 0.717) is 30.3 Å². The summed E-state index contributed by atoms with van der Waals surface area (Å²) in [5.41, 5.74) is 6.40. The Morgan fingerprint density at radius 2 is 1.74 bits per heavy atom. The summed E-state index contributed by atoms with van der Waals surface area (Å²) in [5.74, 6) is -2.64. The van der Waals surface area contributed by atoms with Crippen molar-refractivity contribution in [2.75, 3.05) is 34.8 Å². The lowest BCUT2D eigenvalue weighted by Gasteiger charge is -2.27. The number of anilines is 4. The highest BCUT2D eigenvalue weighted by Gasteiger charge is 2.23. The van der Waals surface area contributed by atoms with Gasteiger partial charge in [-0.25, -0.2) is 4.79 Å². The Morgan fingerprint density at radius 1 is 1.07 bits per heavy atom. The van der Waals surface area contributed by atoms with E-state index in [1.807, 2.05) is 0 Å². The van der Waals surface area contributed by atoms with Crippen LogP contribution >= 0.6 is 0 Å². The Hall–Kier alpha value is -5.16. The van der Waals surface area contributed by atoms with Gasteiger partial charge in [0.25, 0.3) is 21.6 Å². The quantitative estimate of drug-likeness (QED) is 0.144. The van der Waals surface area contributed by atoms with E-state index in [-0.39, 0.29) is 40.9 Å². The predicted octanol–water partition coefficient (Wildman–Crippen LogP) is 0.651. The number of aromatic amines is 1. The van der Waals surface area contributed by atoms with Crippen molar-refractivity contribution in [2.24, 2.45) is 0 Å². The van der Waals surface area contributed by atoms with Crippen LogP contribution < -0.4 is 32.6 Å². The molecular weight excluding hydrogens is 574 g/mol. The second kappa shape index (κ2) is 14.0. The molecule has 1 amide bonds. The number of nitrogens with zero attached hydrogens (tertiary/aromatic N) is 1. The van der Waals surface area contributed by atoms with Gasteiger partial charge in [-0.2, -0.15) is 13.4 Å². The molecule has 1 aliphatic heterocycles. The minimum atomic E-state index is -4.00. The van der Waals surface area contributed by atoms with Crippen molar-refractivity contribution in [3.63, 3.8) is 0 Å². The molecule has 2 atom stereocenters. The molecule has 224 valence electrons. The molecule has 1 aliphatic rings. The van der Waals surface area contributed by atoms with E-state index in [9.17, 15) is 27.6 Å². The third-order valence-electron chi connectivity index (χ3n) is 5.79. The van der Waals surface area contributed by atoms with Crippen LogP contribution in [0.3, 0.4) is 0 Å². The zero-order chi connectivity index (χ0) is 30.9. The van der Waals surface area contributed by atoms with Crippen molar-refractivity contribution < 1.29 is 37.6 Å². The number of carbonyl (C=O) groups is 3. The van der Waals surface area contributed by atoms with Gasteiger partial charge >= 0.3 is 11.9 Å². The van der Waals surface area contributed by atoms with Crippen LogP contribution in [0, 0.1) is 0 Å². The van der Waals surface area contributed by atoms with Crippen molar-refractivity contribution in [1.29, 1.82) is 0 Å². The number of carbonyl (C=O) groups excluding carboxylic acids is 1. The molecule has 0 saturated heterocycles. The van der Waals surface area contributed by atoms with Crippen LogP contribution in [0.4, 0.5) is 23.1 Å². The van der Waals surface area contributed by atoms with E-state index in [4.69, 9.17) is 20.5 Å². The summed E-state index contributed by atoms with van der Waals surface area (Å²) >= 11 is 0. The lowest BCUT2D eigenvalue weighted by atomic mass is 10.1. The summed E-state index contributed by atoms with van der Waals surface area (Å²) in [6.07, 6.45) is -0.587. The standard InChI is InChI=1S/C19H23N7O6.C6H6O3S/c20-19-25-15-14(17(30)26-19)23-11(8-22-15)7-21-10-3-1-9(2-4-10)16(29)24-12(18(31)32)5-6-13(27)28;7-10(8,9)6-4-2-1-3-5-6/h1-4,11-12,21,23H,5-8H2,(H,24,29)(H,27,28)(H,31,32)(H4,20,22,25,26,30);1-5H,(H,7,8,9)/t11-,12-;/m0./s1. The Balaban J connectivity index is 0.000000408. The van der Waals surface area contributed by atoms with Gasteiger partial charge in [0.15, 0.2) is 5.82 Å². The number of hydrogen-bond acceptors (Lipinski definition) is 11. The number of hydrogen-bond donors (Lipinski definition) is 9. The van der Waals surface area contributed by atoms with Crippen molar-refractivity contribution in [1.82, 2.24) is 15.3 Å². The van der Waals surface area contributed by atoms with E-state index in [2.05, 4.69) is 31.2 Å². The molecule has 3 aromatic rings. The lowest BCUT2D eigenvalue weighted by molar-refractivity contribution is -0.140. The third-order valence-corrected chi connectivity index (χ3v) is 6.66. The number of nitrogen functional groups attached to an aromatic ring is 1. The molecule has 0 spiro atoms. The molecule has 16 nitrogen and oxygen atoms in total. The van der Waals surface area contributed by atoms with Gasteiger partial charge in [-0.15, -0.1) is 0 Å². The first-order chi connectivity index (χ1) is 19.8. The van der Waals surface area contributed by atoms with Crippen LogP contribution in [0.25, 0.3) is 0 Å². The zero-order valence-electron chi connectivity index (χ0n) is 21.9. The molecule has 0 fully saturated rings. The van der Waals surface area contributed by atoms with Crippen molar-refractivity contribution in [3.05, 3.63) is 70.5 Å². The number of benzene rings is 2. The molecule has 17 heteroatoms. The maximum atomic E-state index is 12.3. The van der Waals surface area contributed by atoms with E-state index >= 15 is 0 Å². The monoisotopic (exact) mass is 603 g/mol. The third kappa shape index (κ3) is 9.20. The number of H-pyrrole nitrogens is 1. The number of carboxylic acids is 2. The first-order valence-electron chi connectivity index (χ1n) is 12.4. The van der Waals surface area contributed by atoms with Crippen LogP contribution in [0.5, 0.6) is 0 Å². The number of aliphatic carboxylic acids is 2. The molecule has 4 rings (SSSR count). The van der Waals surface area contributed by atoms with Crippen LogP contribution in [-0.2, 0) is 19.7 Å². The molecule has 1 aromatic heterocycles. The Morgan fingerprint density at radius 3 is 2.31 bits per heavy atom. The minimum Gasteiger partial charge on any atom is -0.481 e. The molecule has 0 aliphatic carbocycles. The van der Waals surface area contributed by atoms with Crippen molar-refractivity contribution in [2.45, 2.75) is 29.8 Å². The Bertz CT molecular complexity index is 1580. The molecule has 0 saturated carbocycles. The molecule has 0 bridgehead atoms. The van der Waals surface area contributed by atoms with E-state index in [1.54, 1.807) is 30.3 Å². The van der Waals surface area contributed by atoms with Gasteiger partial charge in [-0.05, 0) is 42.8 Å². The fourth-order valence-electron chi connectivity index (χ4n) is 3.69. The highest BCUT2D eigenvalue weighted by Crippen LogP contribution is 2.20. The highest BCUT2D eigenvalue weighted by molar-refractivity contribution is 7.85. The normalized spacial score (nSPS) is 14.5. The fraction of sp³-hybridized carbons (Fsp3) is 0.240. The van der Waals surface area contributed by atoms with Crippen LogP contribution in [0.15, 0.2) is 64.3 Å². The summed E-state index contributed by atoms with van der Waals surface area (Å²) in [7, 11) is -4.00. The minimum absolute atomic E-state index is 0.0281. The van der Waals surface area contributed by atoms with Crippen LogP contribution in [0.1, 0.15) is 23.2 Å². The van der Waals surface area contributed by atoms with Crippen molar-refractivity contribution in [3.8, 4) is 0 Å². The highest BCUT2D eigenvalue weighted by atomic mass is 32.2. The van der Waals surface area contributed by atoms with E-state index in [0.717, 1.165) is 0 Å². The van der Waals surface area contributed by atoms with Crippen LogP contribution in [-0.4, -0.2) is 76.2 Å². The molecule has 10 N–H and O–H groups in total. The summed E-state index contributed by atoms with van der Waals surface area (Å²) in [5, 5.41) is 29.5. The van der Waals surface area contributed by atoms with E-state index in [1.165, 1.54) is 24.3 Å². The van der Waals surface area contributed by atoms with Gasteiger partial charge < -0.3 is 37.2 Å². The summed E-state index contributed by atoms with van der Waals surface area (Å²) < 4.78 is 29.2. The number of nitrogens with two attached hydrogens (primary N) is 1. The smallest absolute Gasteiger partial charge is 0.326 e. The molecule has 2 heterocycles. The second-order valence-electron chi connectivity index (χ2n) is 8.94. The van der Waals surface area contributed by atoms with Gasteiger partial charge in [0, 0.05) is 30.8 Å². The fourth-order valence-corrected chi connectivity index (χ4v) is 4.19. The van der Waals surface area contributed by atoms with Crippen LogP contribution in [0.2, 0.25) is 0 Å². The average molecular weight is 604 g/mol. The Labute approximate surface area is 239 Å². The molecule has 42 heavy (non-hydrogen) atoms. The van der Waals surface area contributed by atoms with E-state index < -0.39 is 34.0 Å². The molecule has 0 unspecified atom stereocenters. The number of rotatable bonds is 10. The molecule has 2 aromatic carbocycles. The molecule has 0 radical (unpaired) electrons. The maximum Gasteiger partial charge on any atom is 0.326 e. The van der Waals surface area contributed by atoms with Gasteiger partial charge in [-0.1, -0.05) is 18.2 Å². The summed E-state index contributed by atoms with van der Waals surface area (Å²) in [6, 6.07) is 12.4. The van der Waals surface area contributed by atoms with Gasteiger partial charge in [-0.3, -0.25) is 23.9 Å². The zero-order valence-corrected chi connectivity index (χ0v) is 22.7. The number of aromatic nitrogens is 2. The summed E-state index contributed by atoms with van der Waals surface area (Å²) in [6.45, 7) is 0.960. The van der Waals surface area contributed by atoms with Gasteiger partial charge in [0.05, 0.1) is 10.9 Å². The van der Waals surface area contributed by atoms with Gasteiger partial charge in [0.2, 0.25) is 5.95 Å². The van der Waals surface area contributed by atoms with Gasteiger partial charge in [0.1, 0.15) is 11.7 Å². The average Bonchev–Trinajstić information content (AvgIpc) is 2.94. The maximum absolute atomic E-state index is 12.3. The SMILES string of the molecule is Nc1nc2c(c(=O)[nH]1)N[C@@H](CNc1ccc(C(=O)N[C@@H](CCC(=O)O)C(=O)O)cc1)CN2.O=S(=O)(O)c1ccccc1. The van der Waals surface area contributed by atoms with Crippen molar-refractivity contribution >= 4 is 51.1 Å². The second-order valence-corrected chi connectivity index (χ2v) is 10.4. The topological polar surface area (TPSA) is 266 Å². The lowest BCUT2D eigenvalue weighted by Crippen LogP contribution is -2.41. The first-order valence-corrected chi connectivity index (χ1v) is 13.8. The predicted molar refractivity (Wildman–Crippen MR) is 152 cm³/mol.